The van der Waals surface area contributed by atoms with Gasteiger partial charge in [0.05, 0.1) is 16.8 Å². The van der Waals surface area contributed by atoms with Crippen molar-refractivity contribution in [2.45, 2.75) is 11.4 Å². The summed E-state index contributed by atoms with van der Waals surface area (Å²) in [5, 5.41) is 9.28. The second-order valence-corrected chi connectivity index (χ2v) is 9.48. The van der Waals surface area contributed by atoms with Crippen LogP contribution in [0.1, 0.15) is 15.2 Å². The molecule has 0 aliphatic carbocycles. The number of sulfonamides is 1. The second kappa shape index (κ2) is 7.00. The Morgan fingerprint density at radius 2 is 1.79 bits per heavy atom. The van der Waals surface area contributed by atoms with Gasteiger partial charge in [-0.1, -0.05) is 12.1 Å². The number of aromatic carboxylic acids is 1. The van der Waals surface area contributed by atoms with Crippen molar-refractivity contribution in [1.29, 1.82) is 0 Å². The molecule has 1 aromatic carbocycles. The van der Waals surface area contributed by atoms with Gasteiger partial charge in [-0.15, -0.1) is 11.3 Å². The number of carboxylic acid groups (broad SMARTS) is 1. The van der Waals surface area contributed by atoms with Crippen LogP contribution in [0.5, 0.6) is 0 Å². The molecule has 0 saturated carbocycles. The summed E-state index contributed by atoms with van der Waals surface area (Å²) in [6.07, 6.45) is 0. The van der Waals surface area contributed by atoms with Crippen molar-refractivity contribution in [3.8, 4) is 0 Å². The first-order valence-electron chi connectivity index (χ1n) is 8.02. The number of rotatable bonds is 5. The van der Waals surface area contributed by atoms with Gasteiger partial charge in [0.2, 0.25) is 10.0 Å². The number of benzene rings is 1. The van der Waals surface area contributed by atoms with E-state index in [2.05, 4.69) is 0 Å². The molecule has 0 amide bonds. The van der Waals surface area contributed by atoms with Gasteiger partial charge in [-0.2, -0.15) is 0 Å². The Kier molecular flexibility index (Phi) is 5.00. The molecule has 11 heteroatoms. The van der Waals surface area contributed by atoms with Gasteiger partial charge in [0.15, 0.2) is 0 Å². The van der Waals surface area contributed by atoms with Crippen LogP contribution < -0.4 is 11.2 Å². The number of thiophene rings is 1. The van der Waals surface area contributed by atoms with Crippen LogP contribution in [0, 0.1) is 0 Å². The zero-order valence-corrected chi connectivity index (χ0v) is 16.9. The number of hydrogen-bond acceptors (Lipinski definition) is 6. The maximum atomic E-state index is 12.7. The van der Waals surface area contributed by atoms with Gasteiger partial charge in [0.25, 0.3) is 5.56 Å². The summed E-state index contributed by atoms with van der Waals surface area (Å²) < 4.78 is 27.6. The number of hydrogen-bond donors (Lipinski definition) is 1. The summed E-state index contributed by atoms with van der Waals surface area (Å²) >= 11 is 0.861. The fourth-order valence-electron chi connectivity index (χ4n) is 2.69. The maximum Gasteiger partial charge on any atom is 0.345 e. The van der Waals surface area contributed by atoms with Gasteiger partial charge in [0.1, 0.15) is 9.71 Å². The minimum Gasteiger partial charge on any atom is -0.477 e. The third kappa shape index (κ3) is 3.28. The molecule has 0 fully saturated rings. The summed E-state index contributed by atoms with van der Waals surface area (Å²) in [4.78, 5) is 36.8. The smallest absolute Gasteiger partial charge is 0.345 e. The number of carboxylic acids is 1. The van der Waals surface area contributed by atoms with E-state index in [1.165, 1.54) is 56.0 Å². The Hall–Kier alpha value is -2.76. The molecule has 28 heavy (non-hydrogen) atoms. The van der Waals surface area contributed by atoms with E-state index in [-0.39, 0.29) is 26.5 Å². The Labute approximate surface area is 163 Å². The predicted molar refractivity (Wildman–Crippen MR) is 105 cm³/mol. The molecular formula is C17H17N3O6S2. The van der Waals surface area contributed by atoms with Crippen molar-refractivity contribution >= 4 is 37.5 Å². The minimum atomic E-state index is -3.58. The zero-order chi connectivity index (χ0) is 20.8. The first kappa shape index (κ1) is 20.0. The molecule has 0 bridgehead atoms. The molecule has 0 saturated heterocycles. The zero-order valence-electron chi connectivity index (χ0n) is 15.2. The van der Waals surface area contributed by atoms with Gasteiger partial charge in [-0.3, -0.25) is 13.9 Å². The lowest BCUT2D eigenvalue weighted by atomic mass is 10.2. The van der Waals surface area contributed by atoms with Crippen LogP contribution in [-0.4, -0.2) is 47.0 Å². The van der Waals surface area contributed by atoms with E-state index < -0.39 is 27.2 Å². The van der Waals surface area contributed by atoms with Crippen LogP contribution in [0.4, 0.5) is 0 Å². The number of aryl methyl sites for hydroxylation is 1. The average molecular weight is 423 g/mol. The molecule has 3 aromatic rings. The molecule has 0 spiro atoms. The molecule has 0 radical (unpaired) electrons. The fourth-order valence-corrected chi connectivity index (χ4v) is 4.53. The summed E-state index contributed by atoms with van der Waals surface area (Å²) in [6, 6.07) is 7.14. The molecule has 2 aromatic heterocycles. The highest BCUT2D eigenvalue weighted by Crippen LogP contribution is 2.21. The summed E-state index contributed by atoms with van der Waals surface area (Å²) in [5.41, 5.74) is -0.613. The Bertz CT molecular complexity index is 1300. The van der Waals surface area contributed by atoms with E-state index in [1.54, 1.807) is 0 Å². The standard InChI is InChI=1S/C17H17N3O6S2/c1-18(2)28(25,26)11-6-4-10(5-7-11)9-20-14(21)12-8-13(16(22)23)27-15(12)19(3)17(20)24/h4-8H,9H2,1-3H3,(H,22,23). The normalized spacial score (nSPS) is 12.0. The highest BCUT2D eigenvalue weighted by atomic mass is 32.2. The van der Waals surface area contributed by atoms with Gasteiger partial charge in [-0.25, -0.2) is 22.3 Å². The van der Waals surface area contributed by atoms with Crippen molar-refractivity contribution in [3.05, 3.63) is 61.6 Å². The highest BCUT2D eigenvalue weighted by molar-refractivity contribution is 7.89. The minimum absolute atomic E-state index is 0.0295. The first-order valence-corrected chi connectivity index (χ1v) is 10.3. The van der Waals surface area contributed by atoms with Crippen molar-refractivity contribution in [2.75, 3.05) is 14.1 Å². The van der Waals surface area contributed by atoms with Gasteiger partial charge in [-0.05, 0) is 23.8 Å². The Balaban J connectivity index is 2.07. The number of fused-ring (bicyclic) bond motifs is 1. The molecule has 148 valence electrons. The van der Waals surface area contributed by atoms with Gasteiger partial charge < -0.3 is 5.11 Å². The van der Waals surface area contributed by atoms with Crippen molar-refractivity contribution in [1.82, 2.24) is 13.4 Å². The van der Waals surface area contributed by atoms with E-state index in [4.69, 9.17) is 5.11 Å². The van der Waals surface area contributed by atoms with Crippen LogP contribution in [0.15, 0.2) is 44.8 Å². The predicted octanol–water partition coefficient (Wildman–Crippen LogP) is 0.758. The maximum absolute atomic E-state index is 12.7. The Morgan fingerprint density at radius 3 is 2.32 bits per heavy atom. The van der Waals surface area contributed by atoms with Crippen LogP contribution >= 0.6 is 11.3 Å². The monoisotopic (exact) mass is 423 g/mol. The number of nitrogens with zero attached hydrogens (tertiary/aromatic N) is 3. The van der Waals surface area contributed by atoms with Crippen molar-refractivity contribution < 1.29 is 18.3 Å². The van der Waals surface area contributed by atoms with E-state index in [0.29, 0.717) is 5.56 Å². The van der Waals surface area contributed by atoms with Crippen molar-refractivity contribution in [3.63, 3.8) is 0 Å². The lowest BCUT2D eigenvalue weighted by Crippen LogP contribution is -2.38. The van der Waals surface area contributed by atoms with E-state index in [0.717, 1.165) is 20.2 Å². The quantitative estimate of drug-likeness (QED) is 0.647. The van der Waals surface area contributed by atoms with Crippen molar-refractivity contribution in [2.24, 2.45) is 7.05 Å². The number of carbonyl (C=O) groups is 1. The third-order valence-electron chi connectivity index (χ3n) is 4.26. The van der Waals surface area contributed by atoms with Gasteiger partial charge >= 0.3 is 11.7 Å². The third-order valence-corrected chi connectivity index (χ3v) is 7.29. The molecule has 0 atom stereocenters. The topological polar surface area (TPSA) is 119 Å². The Morgan fingerprint density at radius 1 is 1.18 bits per heavy atom. The van der Waals surface area contributed by atoms with E-state index >= 15 is 0 Å². The van der Waals surface area contributed by atoms with Crippen LogP contribution in [-0.2, 0) is 23.6 Å². The van der Waals surface area contributed by atoms with Crippen LogP contribution in [0.2, 0.25) is 0 Å². The van der Waals surface area contributed by atoms with Gasteiger partial charge in [0, 0.05) is 21.1 Å². The molecule has 0 aliphatic rings. The lowest BCUT2D eigenvalue weighted by molar-refractivity contribution is 0.0702. The molecule has 0 aliphatic heterocycles. The summed E-state index contributed by atoms with van der Waals surface area (Å²) in [6.45, 7) is -0.0675. The van der Waals surface area contributed by atoms with Crippen LogP contribution in [0.25, 0.3) is 10.2 Å². The van der Waals surface area contributed by atoms with E-state index in [9.17, 15) is 22.8 Å². The van der Waals surface area contributed by atoms with E-state index in [1.807, 2.05) is 0 Å². The lowest BCUT2D eigenvalue weighted by Gasteiger charge is -2.12. The highest BCUT2D eigenvalue weighted by Gasteiger charge is 2.19. The number of aromatic nitrogens is 2. The molecular weight excluding hydrogens is 406 g/mol. The van der Waals surface area contributed by atoms with Crippen LogP contribution in [0.3, 0.4) is 0 Å². The largest absolute Gasteiger partial charge is 0.477 e. The molecule has 0 unspecified atom stereocenters. The fraction of sp³-hybridized carbons (Fsp3) is 0.235. The molecule has 1 N–H and O–H groups in total. The summed E-state index contributed by atoms with van der Waals surface area (Å²) in [7, 11) is 0.738. The SMILES string of the molecule is CN(C)S(=O)(=O)c1ccc(Cn2c(=O)c3cc(C(=O)O)sc3n(C)c2=O)cc1. The molecule has 9 nitrogen and oxygen atoms in total. The first-order chi connectivity index (χ1) is 13.0. The average Bonchev–Trinajstić information content (AvgIpc) is 3.10. The second-order valence-electron chi connectivity index (χ2n) is 6.30. The summed E-state index contributed by atoms with van der Waals surface area (Å²) in [5.74, 6) is -1.17. The molecule has 2 heterocycles. The molecule has 3 rings (SSSR count).